The van der Waals surface area contributed by atoms with Crippen LogP contribution in [0.5, 0.6) is 0 Å². The fourth-order valence-electron chi connectivity index (χ4n) is 6.37. The van der Waals surface area contributed by atoms with Crippen LogP contribution >= 0.6 is 11.6 Å². The Balaban J connectivity index is 1.24. The summed E-state index contributed by atoms with van der Waals surface area (Å²) in [5.74, 6) is -0.468. The largest absolute Gasteiger partial charge is 0.416 e. The predicted octanol–water partition coefficient (Wildman–Crippen LogP) is 9.60. The van der Waals surface area contributed by atoms with E-state index in [0.29, 0.717) is 40.5 Å². The van der Waals surface area contributed by atoms with Gasteiger partial charge < -0.3 is 14.8 Å². The normalized spacial score (nSPS) is 12.2. The van der Waals surface area contributed by atoms with E-state index in [9.17, 15) is 22.8 Å². The van der Waals surface area contributed by atoms with E-state index < -0.39 is 23.7 Å². The molecular formula is C41H36ClF3N4O2. The molecule has 0 bridgehead atoms. The van der Waals surface area contributed by atoms with Crippen LogP contribution in [0.2, 0.25) is 5.02 Å². The summed E-state index contributed by atoms with van der Waals surface area (Å²) >= 11 is 7.05. The van der Waals surface area contributed by atoms with E-state index in [1.54, 1.807) is 48.3 Å². The smallest absolute Gasteiger partial charge is 0.345 e. The number of fused-ring (bicyclic) bond motifs is 1. The Bertz CT molecular complexity index is 2170. The number of nitrogens with one attached hydrogen (secondary N) is 1. The van der Waals surface area contributed by atoms with Crippen molar-refractivity contribution < 1.29 is 22.8 Å². The number of benzene rings is 5. The number of hydrogen-bond donors (Lipinski definition) is 1. The molecule has 6 rings (SSSR count). The molecule has 2 amide bonds. The van der Waals surface area contributed by atoms with Gasteiger partial charge in [-0.3, -0.25) is 14.5 Å². The van der Waals surface area contributed by atoms with E-state index in [1.807, 2.05) is 90.3 Å². The number of anilines is 1. The number of nitrogens with zero attached hydrogens (tertiary/aromatic N) is 3. The van der Waals surface area contributed by atoms with Crippen molar-refractivity contribution in [3.63, 3.8) is 0 Å². The maximum atomic E-state index is 14.0. The quantitative estimate of drug-likeness (QED) is 0.154. The third kappa shape index (κ3) is 7.70. The van der Waals surface area contributed by atoms with Crippen molar-refractivity contribution in [1.29, 1.82) is 0 Å². The summed E-state index contributed by atoms with van der Waals surface area (Å²) in [5, 5.41) is 4.15. The van der Waals surface area contributed by atoms with Crippen molar-refractivity contribution in [1.82, 2.24) is 14.4 Å². The first-order valence-corrected chi connectivity index (χ1v) is 16.7. The van der Waals surface area contributed by atoms with E-state index >= 15 is 0 Å². The minimum absolute atomic E-state index is 0.0518. The second kappa shape index (κ2) is 14.8. The number of hydrogen-bond acceptors (Lipinski definition) is 3. The molecule has 0 radical (unpaired) electrons. The molecule has 260 valence electrons. The molecule has 0 fully saturated rings. The average Bonchev–Trinajstić information content (AvgIpc) is 3.36. The second-order valence-corrected chi connectivity index (χ2v) is 12.9. The molecule has 6 aromatic rings. The Kier molecular flexibility index (Phi) is 10.3. The van der Waals surface area contributed by atoms with Gasteiger partial charge in [-0.25, -0.2) is 0 Å². The lowest BCUT2D eigenvalue weighted by Gasteiger charge is -2.31. The highest BCUT2D eigenvalue weighted by Crippen LogP contribution is 2.36. The molecule has 1 heterocycles. The van der Waals surface area contributed by atoms with Gasteiger partial charge >= 0.3 is 6.18 Å². The number of halogens is 4. The van der Waals surface area contributed by atoms with Crippen molar-refractivity contribution in [3.8, 4) is 11.1 Å². The van der Waals surface area contributed by atoms with Gasteiger partial charge in [-0.05, 0) is 65.7 Å². The second-order valence-electron chi connectivity index (χ2n) is 12.5. The number of likely N-dealkylation sites (N-methyl/N-ethyl adjacent to an activating group) is 2. The number of aromatic nitrogens is 1. The van der Waals surface area contributed by atoms with Gasteiger partial charge in [0.25, 0.3) is 5.91 Å². The lowest BCUT2D eigenvalue weighted by atomic mass is 9.98. The fourth-order valence-corrected chi connectivity index (χ4v) is 6.71. The van der Waals surface area contributed by atoms with Crippen LogP contribution in [0.4, 0.5) is 18.9 Å². The van der Waals surface area contributed by atoms with Gasteiger partial charge in [0, 0.05) is 49.3 Å². The van der Waals surface area contributed by atoms with Gasteiger partial charge in [-0.2, -0.15) is 13.2 Å². The molecule has 6 nitrogen and oxygen atoms in total. The fraction of sp³-hybridized carbons (Fsp3) is 0.171. The third-order valence-corrected chi connectivity index (χ3v) is 9.46. The molecule has 0 spiro atoms. The van der Waals surface area contributed by atoms with Crippen LogP contribution in [0.3, 0.4) is 0 Å². The van der Waals surface area contributed by atoms with Gasteiger partial charge in [0.2, 0.25) is 5.91 Å². The topological polar surface area (TPSA) is 57.6 Å². The first-order chi connectivity index (χ1) is 24.4. The zero-order valence-electron chi connectivity index (χ0n) is 28.3. The van der Waals surface area contributed by atoms with Crippen LogP contribution in [-0.2, 0) is 31.1 Å². The zero-order chi connectivity index (χ0) is 36.3. The standard InChI is InChI=1S/C41H36ClF3N4O2/c1-47(38(29-14-8-5-9-15-29)40(51)48(2)25-27-12-6-4-7-13-27)26-36-37(42)34-24-31(22-23-35(34)49(36)3)46-39(50)33-17-11-10-16-32(33)28-18-20-30(21-19-28)41(43,44)45/h4-24,38H,25-26H2,1-3H3,(H,46,50). The minimum Gasteiger partial charge on any atom is -0.345 e. The summed E-state index contributed by atoms with van der Waals surface area (Å²) in [7, 11) is 5.62. The molecule has 5 aromatic carbocycles. The molecule has 1 atom stereocenters. The van der Waals surface area contributed by atoms with E-state index in [1.165, 1.54) is 12.1 Å². The highest BCUT2D eigenvalue weighted by atomic mass is 35.5. The summed E-state index contributed by atoms with van der Waals surface area (Å²) < 4.78 is 41.4. The first kappa shape index (κ1) is 35.4. The Labute approximate surface area is 299 Å². The van der Waals surface area contributed by atoms with E-state index in [0.717, 1.165) is 39.9 Å². The maximum absolute atomic E-state index is 14.0. The zero-order valence-corrected chi connectivity index (χ0v) is 29.0. The Morgan fingerprint density at radius 2 is 1.43 bits per heavy atom. The molecule has 0 aliphatic heterocycles. The Morgan fingerprint density at radius 1 is 0.804 bits per heavy atom. The van der Waals surface area contributed by atoms with Crippen LogP contribution < -0.4 is 5.32 Å². The Hall–Kier alpha value is -5.38. The van der Waals surface area contributed by atoms with Gasteiger partial charge in [0.15, 0.2) is 0 Å². The number of amides is 2. The molecule has 0 saturated carbocycles. The molecule has 1 N–H and O–H groups in total. The van der Waals surface area contributed by atoms with Gasteiger partial charge in [0.05, 0.1) is 16.3 Å². The van der Waals surface area contributed by atoms with Crippen molar-refractivity contribution in [2.24, 2.45) is 7.05 Å². The van der Waals surface area contributed by atoms with Gasteiger partial charge in [-0.1, -0.05) is 103 Å². The third-order valence-electron chi connectivity index (χ3n) is 9.03. The molecule has 0 aliphatic carbocycles. The number of rotatable bonds is 10. The molecule has 51 heavy (non-hydrogen) atoms. The molecule has 1 aromatic heterocycles. The molecule has 1 unspecified atom stereocenters. The number of aryl methyl sites for hydroxylation is 1. The van der Waals surface area contributed by atoms with Crippen LogP contribution in [0.1, 0.15) is 38.8 Å². The average molecular weight is 709 g/mol. The number of alkyl halides is 3. The summed E-state index contributed by atoms with van der Waals surface area (Å²) in [5.41, 5.74) is 4.58. The van der Waals surface area contributed by atoms with E-state index in [2.05, 4.69) is 5.32 Å². The first-order valence-electron chi connectivity index (χ1n) is 16.3. The molecule has 0 aliphatic rings. The van der Waals surface area contributed by atoms with Crippen LogP contribution in [0, 0.1) is 0 Å². The molecule has 10 heteroatoms. The summed E-state index contributed by atoms with van der Waals surface area (Å²) in [6.45, 7) is 0.825. The SMILES string of the molecule is CN(Cc1ccccc1)C(=O)C(c1ccccc1)N(C)Cc1c(Cl)c2cc(NC(=O)c3ccccc3-c3ccc(C(F)(F)F)cc3)ccc2n1C. The summed E-state index contributed by atoms with van der Waals surface area (Å²) in [4.78, 5) is 31.3. The highest BCUT2D eigenvalue weighted by Gasteiger charge is 2.31. The van der Waals surface area contributed by atoms with E-state index in [-0.39, 0.29) is 5.91 Å². The lowest BCUT2D eigenvalue weighted by Crippen LogP contribution is -2.39. The van der Waals surface area contributed by atoms with Gasteiger partial charge in [0.1, 0.15) is 6.04 Å². The minimum atomic E-state index is -4.46. The monoisotopic (exact) mass is 708 g/mol. The van der Waals surface area contributed by atoms with Crippen LogP contribution in [0.15, 0.2) is 127 Å². The summed E-state index contributed by atoms with van der Waals surface area (Å²) in [6, 6.07) is 35.9. The molecular weight excluding hydrogens is 673 g/mol. The number of carbonyl (C=O) groups is 2. The Morgan fingerprint density at radius 3 is 2.10 bits per heavy atom. The van der Waals surface area contributed by atoms with Crippen LogP contribution in [0.25, 0.3) is 22.0 Å². The van der Waals surface area contributed by atoms with Crippen molar-refractivity contribution in [2.45, 2.75) is 25.3 Å². The van der Waals surface area contributed by atoms with Crippen LogP contribution in [-0.4, -0.2) is 40.3 Å². The van der Waals surface area contributed by atoms with Crippen molar-refractivity contribution in [2.75, 3.05) is 19.4 Å². The lowest BCUT2D eigenvalue weighted by molar-refractivity contribution is -0.138. The van der Waals surface area contributed by atoms with Gasteiger partial charge in [-0.15, -0.1) is 0 Å². The molecule has 0 saturated heterocycles. The predicted molar refractivity (Wildman–Crippen MR) is 196 cm³/mol. The highest BCUT2D eigenvalue weighted by molar-refractivity contribution is 6.36. The maximum Gasteiger partial charge on any atom is 0.416 e. The van der Waals surface area contributed by atoms with Crippen molar-refractivity contribution in [3.05, 3.63) is 160 Å². The van der Waals surface area contributed by atoms with E-state index in [4.69, 9.17) is 11.6 Å². The summed E-state index contributed by atoms with van der Waals surface area (Å²) in [6.07, 6.45) is -4.46. The van der Waals surface area contributed by atoms with Crippen molar-refractivity contribution >= 4 is 40.0 Å². The number of carbonyl (C=O) groups excluding carboxylic acids is 2.